The smallest absolute Gasteiger partial charge is 0.270 e. The van der Waals surface area contributed by atoms with Crippen LogP contribution in [0.15, 0.2) is 36.7 Å². The van der Waals surface area contributed by atoms with Crippen LogP contribution in [0.4, 0.5) is 17.3 Å². The molecule has 3 rings (SSSR count). The number of hydrogen-bond acceptors (Lipinski definition) is 6. The van der Waals surface area contributed by atoms with Crippen molar-refractivity contribution in [3.05, 3.63) is 52.3 Å². The molecule has 1 aliphatic rings. The normalized spacial score (nSPS) is 14.2. The summed E-state index contributed by atoms with van der Waals surface area (Å²) in [5.41, 5.74) is 0.538. The Kier molecular flexibility index (Phi) is 4.64. The van der Waals surface area contributed by atoms with Gasteiger partial charge in [0, 0.05) is 30.8 Å². The first kappa shape index (κ1) is 15.9. The van der Waals surface area contributed by atoms with E-state index in [0.29, 0.717) is 11.6 Å². The highest BCUT2D eigenvalue weighted by molar-refractivity contribution is 6.04. The molecule has 8 nitrogen and oxygen atoms in total. The standard InChI is InChI=1S/C16H17N5O3/c22-15(12-5-4-6-14(9-12)21(23)24)19-13-10-17-16(18-11-13)20-7-2-1-3-8-20/h4-6,9-11H,1-3,7-8H2,(H,19,22). The topological polar surface area (TPSA) is 101 Å². The van der Waals surface area contributed by atoms with E-state index in [1.54, 1.807) is 12.4 Å². The zero-order valence-corrected chi connectivity index (χ0v) is 13.0. The van der Waals surface area contributed by atoms with Gasteiger partial charge in [-0.05, 0) is 25.3 Å². The number of anilines is 2. The van der Waals surface area contributed by atoms with Crippen LogP contribution in [0.3, 0.4) is 0 Å². The van der Waals surface area contributed by atoms with E-state index >= 15 is 0 Å². The maximum atomic E-state index is 12.2. The number of nitrogens with zero attached hydrogens (tertiary/aromatic N) is 4. The fourth-order valence-electron chi connectivity index (χ4n) is 2.61. The number of non-ortho nitro benzene ring substituents is 1. The molecule has 1 saturated heterocycles. The molecule has 24 heavy (non-hydrogen) atoms. The lowest BCUT2D eigenvalue weighted by molar-refractivity contribution is -0.384. The second-order valence-electron chi connectivity index (χ2n) is 5.58. The van der Waals surface area contributed by atoms with Crippen molar-refractivity contribution in [2.45, 2.75) is 19.3 Å². The Hall–Kier alpha value is -3.03. The van der Waals surface area contributed by atoms with Gasteiger partial charge in [-0.15, -0.1) is 0 Å². The highest BCUT2D eigenvalue weighted by Gasteiger charge is 2.14. The molecular formula is C16H17N5O3. The molecule has 2 aromatic rings. The van der Waals surface area contributed by atoms with Crippen LogP contribution in [0.2, 0.25) is 0 Å². The molecule has 0 unspecified atom stereocenters. The molecule has 0 spiro atoms. The van der Waals surface area contributed by atoms with Crippen LogP contribution >= 0.6 is 0 Å². The first-order valence-corrected chi connectivity index (χ1v) is 7.76. The minimum absolute atomic E-state index is 0.126. The third-order valence-corrected chi connectivity index (χ3v) is 3.85. The summed E-state index contributed by atoms with van der Waals surface area (Å²) in [5.74, 6) is 0.219. The molecular weight excluding hydrogens is 310 g/mol. The van der Waals surface area contributed by atoms with E-state index in [1.807, 2.05) is 0 Å². The van der Waals surface area contributed by atoms with Crippen molar-refractivity contribution in [3.8, 4) is 0 Å². The van der Waals surface area contributed by atoms with Crippen molar-refractivity contribution in [1.29, 1.82) is 0 Å². The van der Waals surface area contributed by atoms with Crippen LogP contribution in [-0.2, 0) is 0 Å². The van der Waals surface area contributed by atoms with Gasteiger partial charge in [0.1, 0.15) is 0 Å². The molecule has 124 valence electrons. The van der Waals surface area contributed by atoms with Crippen LogP contribution in [0, 0.1) is 10.1 Å². The number of carbonyl (C=O) groups excluding carboxylic acids is 1. The number of nitro benzene ring substituents is 1. The Morgan fingerprint density at radius 3 is 2.54 bits per heavy atom. The van der Waals surface area contributed by atoms with Crippen molar-refractivity contribution < 1.29 is 9.72 Å². The van der Waals surface area contributed by atoms with Gasteiger partial charge >= 0.3 is 0 Å². The van der Waals surface area contributed by atoms with Crippen LogP contribution in [-0.4, -0.2) is 33.9 Å². The molecule has 0 atom stereocenters. The predicted molar refractivity (Wildman–Crippen MR) is 89.1 cm³/mol. The largest absolute Gasteiger partial charge is 0.341 e. The summed E-state index contributed by atoms with van der Waals surface area (Å²) in [7, 11) is 0. The number of hydrogen-bond donors (Lipinski definition) is 1. The number of carbonyl (C=O) groups is 1. The second-order valence-corrected chi connectivity index (χ2v) is 5.58. The lowest BCUT2D eigenvalue weighted by Gasteiger charge is -2.26. The Morgan fingerprint density at radius 2 is 1.88 bits per heavy atom. The van der Waals surface area contributed by atoms with Gasteiger partial charge in [-0.25, -0.2) is 9.97 Å². The molecule has 1 aliphatic heterocycles. The molecule has 1 fully saturated rings. The monoisotopic (exact) mass is 327 g/mol. The summed E-state index contributed by atoms with van der Waals surface area (Å²) in [6.07, 6.45) is 6.59. The molecule has 0 aliphatic carbocycles. The van der Waals surface area contributed by atoms with Crippen molar-refractivity contribution >= 4 is 23.2 Å². The zero-order chi connectivity index (χ0) is 16.9. The number of piperidine rings is 1. The van der Waals surface area contributed by atoms with Gasteiger partial charge in [0.05, 0.1) is 23.0 Å². The summed E-state index contributed by atoms with van der Waals surface area (Å²) in [6.45, 7) is 1.89. The Labute approximate surface area is 138 Å². The highest BCUT2D eigenvalue weighted by atomic mass is 16.6. The van der Waals surface area contributed by atoms with Crippen LogP contribution in [0.25, 0.3) is 0 Å². The minimum Gasteiger partial charge on any atom is -0.341 e. The van der Waals surface area contributed by atoms with Gasteiger partial charge in [-0.2, -0.15) is 0 Å². The number of amides is 1. The third-order valence-electron chi connectivity index (χ3n) is 3.85. The summed E-state index contributed by atoms with van der Waals surface area (Å²) in [5, 5.41) is 13.4. The molecule has 0 saturated carbocycles. The highest BCUT2D eigenvalue weighted by Crippen LogP contribution is 2.17. The summed E-state index contributed by atoms with van der Waals surface area (Å²) in [6, 6.07) is 5.57. The molecule has 1 amide bonds. The average Bonchev–Trinajstić information content (AvgIpc) is 2.63. The van der Waals surface area contributed by atoms with Gasteiger partial charge in [0.25, 0.3) is 11.6 Å². The van der Waals surface area contributed by atoms with Gasteiger partial charge in [-0.3, -0.25) is 14.9 Å². The number of nitrogens with one attached hydrogen (secondary N) is 1. The lowest BCUT2D eigenvalue weighted by atomic mass is 10.1. The molecule has 8 heteroatoms. The number of nitro groups is 1. The Balaban J connectivity index is 1.68. The number of benzene rings is 1. The van der Waals surface area contributed by atoms with E-state index in [2.05, 4.69) is 20.2 Å². The van der Waals surface area contributed by atoms with Gasteiger partial charge in [0.15, 0.2) is 0 Å². The average molecular weight is 327 g/mol. The maximum absolute atomic E-state index is 12.2. The summed E-state index contributed by atoms with van der Waals surface area (Å²) < 4.78 is 0. The molecule has 0 bridgehead atoms. The van der Waals surface area contributed by atoms with Crippen LogP contribution in [0.1, 0.15) is 29.6 Å². The second kappa shape index (κ2) is 7.03. The van der Waals surface area contributed by atoms with Gasteiger partial charge in [-0.1, -0.05) is 6.07 Å². The van der Waals surface area contributed by atoms with E-state index in [1.165, 1.54) is 30.7 Å². The fraction of sp³-hybridized carbons (Fsp3) is 0.312. The lowest BCUT2D eigenvalue weighted by Crippen LogP contribution is -2.30. The molecule has 0 radical (unpaired) electrons. The van der Waals surface area contributed by atoms with Crippen molar-refractivity contribution in [2.75, 3.05) is 23.3 Å². The fourth-order valence-corrected chi connectivity index (χ4v) is 2.61. The maximum Gasteiger partial charge on any atom is 0.270 e. The molecule has 1 N–H and O–H groups in total. The van der Waals surface area contributed by atoms with E-state index < -0.39 is 10.8 Å². The first-order chi connectivity index (χ1) is 11.6. The molecule has 1 aromatic heterocycles. The number of rotatable bonds is 4. The summed E-state index contributed by atoms with van der Waals surface area (Å²) >= 11 is 0. The minimum atomic E-state index is -0.534. The van der Waals surface area contributed by atoms with Crippen molar-refractivity contribution in [1.82, 2.24) is 9.97 Å². The zero-order valence-electron chi connectivity index (χ0n) is 13.0. The van der Waals surface area contributed by atoms with E-state index in [0.717, 1.165) is 25.9 Å². The van der Waals surface area contributed by atoms with Gasteiger partial charge in [0.2, 0.25) is 5.95 Å². The van der Waals surface area contributed by atoms with Crippen LogP contribution in [0.5, 0.6) is 0 Å². The Bertz CT molecular complexity index is 742. The first-order valence-electron chi connectivity index (χ1n) is 7.76. The van der Waals surface area contributed by atoms with Crippen LogP contribution < -0.4 is 10.2 Å². The van der Waals surface area contributed by atoms with E-state index in [-0.39, 0.29) is 11.3 Å². The number of aromatic nitrogens is 2. The van der Waals surface area contributed by atoms with Crippen molar-refractivity contribution in [3.63, 3.8) is 0 Å². The SMILES string of the molecule is O=C(Nc1cnc(N2CCCCC2)nc1)c1cccc([N+](=O)[O-])c1. The predicted octanol–water partition coefficient (Wildman–Crippen LogP) is 2.63. The van der Waals surface area contributed by atoms with Crippen molar-refractivity contribution in [2.24, 2.45) is 0 Å². The Morgan fingerprint density at radius 1 is 1.17 bits per heavy atom. The molecule has 2 heterocycles. The summed E-state index contributed by atoms with van der Waals surface area (Å²) in [4.78, 5) is 33.1. The third kappa shape index (κ3) is 3.65. The van der Waals surface area contributed by atoms with Gasteiger partial charge < -0.3 is 10.2 Å². The van der Waals surface area contributed by atoms with E-state index in [4.69, 9.17) is 0 Å². The van der Waals surface area contributed by atoms with E-state index in [9.17, 15) is 14.9 Å². The quantitative estimate of drug-likeness (QED) is 0.684. The molecule has 1 aromatic carbocycles.